The number of rotatable bonds is 2. The maximum atomic E-state index is 6.00. The predicted molar refractivity (Wildman–Crippen MR) is 85.0 cm³/mol. The second kappa shape index (κ2) is 4.95. The summed E-state index contributed by atoms with van der Waals surface area (Å²) in [5.41, 5.74) is 2.15. The zero-order valence-electron chi connectivity index (χ0n) is 10.8. The highest BCUT2D eigenvalue weighted by atomic mass is 35.5. The van der Waals surface area contributed by atoms with E-state index in [4.69, 9.17) is 11.6 Å². The first-order valence-electron chi connectivity index (χ1n) is 6.32. The van der Waals surface area contributed by atoms with Gasteiger partial charge in [-0.3, -0.25) is 0 Å². The van der Waals surface area contributed by atoms with Crippen molar-refractivity contribution in [2.75, 3.05) is 0 Å². The molecule has 0 spiro atoms. The molecule has 6 heteroatoms. The molecule has 0 aliphatic carbocycles. The van der Waals surface area contributed by atoms with E-state index in [9.17, 15) is 0 Å². The second-order valence-electron chi connectivity index (χ2n) is 4.50. The molecule has 3 aromatic heterocycles. The van der Waals surface area contributed by atoms with Gasteiger partial charge in [-0.1, -0.05) is 30.3 Å². The number of thiophene rings is 1. The number of hydrogen-bond donors (Lipinski definition) is 0. The molecule has 1 aromatic carbocycles. The fourth-order valence-electron chi connectivity index (χ4n) is 2.21. The molecule has 0 saturated heterocycles. The Kier molecular flexibility index (Phi) is 2.94. The lowest BCUT2D eigenvalue weighted by Gasteiger charge is -2.02. The lowest BCUT2D eigenvalue weighted by molar-refractivity contribution is 0.852. The molecular formula is C15H9ClN4S. The molecular weight excluding hydrogens is 304 g/mol. The Morgan fingerprint density at radius 3 is 2.71 bits per heavy atom. The van der Waals surface area contributed by atoms with Crippen LogP contribution in [0.2, 0.25) is 5.28 Å². The third kappa shape index (κ3) is 2.20. The summed E-state index contributed by atoms with van der Waals surface area (Å²) in [6, 6.07) is 12.1. The largest absolute Gasteiger partial charge is 0.225 e. The van der Waals surface area contributed by atoms with Gasteiger partial charge in [0.05, 0.1) is 11.6 Å². The summed E-state index contributed by atoms with van der Waals surface area (Å²) in [6.07, 6.45) is 3.77. The molecule has 0 amide bonds. The standard InChI is InChI=1S/C15H9ClN4S/c16-15-18-13(12-6-7-21-14(12)19-15)20-9-11(8-17-20)10-4-2-1-3-5-10/h1-9H. The zero-order valence-corrected chi connectivity index (χ0v) is 12.3. The maximum Gasteiger partial charge on any atom is 0.225 e. The van der Waals surface area contributed by atoms with Gasteiger partial charge in [-0.2, -0.15) is 10.1 Å². The van der Waals surface area contributed by atoms with Crippen molar-refractivity contribution < 1.29 is 0 Å². The van der Waals surface area contributed by atoms with Gasteiger partial charge < -0.3 is 0 Å². The Morgan fingerprint density at radius 2 is 1.86 bits per heavy atom. The monoisotopic (exact) mass is 312 g/mol. The van der Waals surface area contributed by atoms with Crippen LogP contribution in [0.5, 0.6) is 0 Å². The topological polar surface area (TPSA) is 43.6 Å². The van der Waals surface area contributed by atoms with E-state index in [1.54, 1.807) is 4.68 Å². The Labute approximate surface area is 129 Å². The van der Waals surface area contributed by atoms with E-state index in [1.165, 1.54) is 11.3 Å². The molecule has 0 aliphatic rings. The van der Waals surface area contributed by atoms with E-state index in [0.29, 0.717) is 5.82 Å². The summed E-state index contributed by atoms with van der Waals surface area (Å²) in [7, 11) is 0. The van der Waals surface area contributed by atoms with Crippen molar-refractivity contribution >= 4 is 33.2 Å². The minimum Gasteiger partial charge on any atom is -0.221 e. The summed E-state index contributed by atoms with van der Waals surface area (Å²) in [6.45, 7) is 0. The molecule has 4 aromatic rings. The number of fused-ring (bicyclic) bond motifs is 1. The van der Waals surface area contributed by atoms with Gasteiger partial charge in [-0.25, -0.2) is 9.67 Å². The van der Waals surface area contributed by atoms with Crippen LogP contribution in [0.25, 0.3) is 27.2 Å². The Hall–Kier alpha value is -2.24. The highest BCUT2D eigenvalue weighted by molar-refractivity contribution is 7.16. The first-order chi connectivity index (χ1) is 10.3. The minimum atomic E-state index is 0.233. The number of aromatic nitrogens is 4. The fraction of sp³-hybridized carbons (Fsp3) is 0. The Morgan fingerprint density at radius 1 is 1.00 bits per heavy atom. The van der Waals surface area contributed by atoms with E-state index in [1.807, 2.05) is 42.0 Å². The SMILES string of the molecule is Clc1nc(-n2cc(-c3ccccc3)cn2)c2ccsc2n1. The molecule has 0 fully saturated rings. The quantitative estimate of drug-likeness (QED) is 0.521. The van der Waals surface area contributed by atoms with Crippen LogP contribution in [0.4, 0.5) is 0 Å². The summed E-state index contributed by atoms with van der Waals surface area (Å²) >= 11 is 7.53. The first kappa shape index (κ1) is 12.5. The van der Waals surface area contributed by atoms with Crippen LogP contribution in [-0.2, 0) is 0 Å². The molecule has 3 heterocycles. The average molecular weight is 313 g/mol. The van der Waals surface area contributed by atoms with Crippen LogP contribution in [0.3, 0.4) is 0 Å². The third-order valence-corrected chi connectivity index (χ3v) is 4.16. The first-order valence-corrected chi connectivity index (χ1v) is 7.58. The van der Waals surface area contributed by atoms with Gasteiger partial charge >= 0.3 is 0 Å². The number of nitrogens with zero attached hydrogens (tertiary/aromatic N) is 4. The van der Waals surface area contributed by atoms with Crippen molar-refractivity contribution in [2.45, 2.75) is 0 Å². The highest BCUT2D eigenvalue weighted by Crippen LogP contribution is 2.26. The van der Waals surface area contributed by atoms with Crippen molar-refractivity contribution in [3.8, 4) is 16.9 Å². The van der Waals surface area contributed by atoms with Crippen LogP contribution < -0.4 is 0 Å². The lowest BCUT2D eigenvalue weighted by Crippen LogP contribution is -1.99. The molecule has 0 N–H and O–H groups in total. The number of benzene rings is 1. The van der Waals surface area contributed by atoms with Crippen LogP contribution in [0.15, 0.2) is 54.2 Å². The molecule has 21 heavy (non-hydrogen) atoms. The lowest BCUT2D eigenvalue weighted by atomic mass is 10.1. The van der Waals surface area contributed by atoms with Crippen molar-refractivity contribution in [1.29, 1.82) is 0 Å². The molecule has 0 unspecified atom stereocenters. The number of halogens is 1. The van der Waals surface area contributed by atoms with Crippen LogP contribution in [-0.4, -0.2) is 19.7 Å². The number of hydrogen-bond acceptors (Lipinski definition) is 4. The van der Waals surface area contributed by atoms with Gasteiger partial charge in [0.2, 0.25) is 5.28 Å². The average Bonchev–Trinajstić information content (AvgIpc) is 3.16. The van der Waals surface area contributed by atoms with Gasteiger partial charge in [0, 0.05) is 11.8 Å². The molecule has 102 valence electrons. The molecule has 0 atom stereocenters. The normalized spacial score (nSPS) is 11.1. The molecule has 0 bridgehead atoms. The van der Waals surface area contributed by atoms with Gasteiger partial charge in [-0.05, 0) is 28.6 Å². The van der Waals surface area contributed by atoms with E-state index in [0.717, 1.165) is 21.3 Å². The van der Waals surface area contributed by atoms with Gasteiger partial charge in [0.15, 0.2) is 5.82 Å². The van der Waals surface area contributed by atoms with Crippen LogP contribution in [0, 0.1) is 0 Å². The van der Waals surface area contributed by atoms with Gasteiger partial charge in [-0.15, -0.1) is 11.3 Å². The van der Waals surface area contributed by atoms with Crippen LogP contribution in [0.1, 0.15) is 0 Å². The van der Waals surface area contributed by atoms with Gasteiger partial charge in [0.25, 0.3) is 0 Å². The molecule has 0 saturated carbocycles. The zero-order chi connectivity index (χ0) is 14.2. The van der Waals surface area contributed by atoms with Crippen molar-refractivity contribution in [3.63, 3.8) is 0 Å². The molecule has 0 radical (unpaired) electrons. The minimum absolute atomic E-state index is 0.233. The van der Waals surface area contributed by atoms with E-state index >= 15 is 0 Å². The predicted octanol–water partition coefficient (Wildman–Crippen LogP) is 4.20. The second-order valence-corrected chi connectivity index (χ2v) is 5.73. The molecule has 0 aliphatic heterocycles. The molecule has 4 rings (SSSR count). The molecule has 4 nitrogen and oxygen atoms in total. The highest BCUT2D eigenvalue weighted by Gasteiger charge is 2.11. The van der Waals surface area contributed by atoms with Crippen LogP contribution >= 0.6 is 22.9 Å². The smallest absolute Gasteiger partial charge is 0.221 e. The summed E-state index contributed by atoms with van der Waals surface area (Å²) in [4.78, 5) is 9.39. The third-order valence-electron chi connectivity index (χ3n) is 3.18. The van der Waals surface area contributed by atoms with Crippen molar-refractivity contribution in [2.24, 2.45) is 0 Å². The van der Waals surface area contributed by atoms with E-state index in [2.05, 4.69) is 27.2 Å². The van der Waals surface area contributed by atoms with Gasteiger partial charge in [0.1, 0.15) is 4.83 Å². The Balaban J connectivity index is 1.87. The summed E-state index contributed by atoms with van der Waals surface area (Å²) in [5, 5.41) is 7.56. The Bertz CT molecular complexity index is 914. The van der Waals surface area contributed by atoms with E-state index < -0.39 is 0 Å². The maximum absolute atomic E-state index is 6.00. The van der Waals surface area contributed by atoms with Crippen molar-refractivity contribution in [3.05, 3.63) is 59.5 Å². The fourth-order valence-corrected chi connectivity index (χ4v) is 3.18. The summed E-state index contributed by atoms with van der Waals surface area (Å²) in [5.74, 6) is 0.702. The summed E-state index contributed by atoms with van der Waals surface area (Å²) < 4.78 is 1.74. The van der Waals surface area contributed by atoms with Crippen molar-refractivity contribution in [1.82, 2.24) is 19.7 Å². The van der Waals surface area contributed by atoms with E-state index in [-0.39, 0.29) is 5.28 Å².